The summed E-state index contributed by atoms with van der Waals surface area (Å²) >= 11 is 0. The third kappa shape index (κ3) is 5.08. The van der Waals surface area contributed by atoms with Gasteiger partial charge in [-0.3, -0.25) is 4.79 Å². The van der Waals surface area contributed by atoms with Crippen molar-refractivity contribution < 1.29 is 23.8 Å². The number of nitrogens with one attached hydrogen (secondary N) is 1. The maximum atomic E-state index is 12.9. The Morgan fingerprint density at radius 2 is 1.71 bits per heavy atom. The van der Waals surface area contributed by atoms with E-state index in [0.29, 0.717) is 5.56 Å². The molecule has 0 saturated heterocycles. The van der Waals surface area contributed by atoms with Crippen LogP contribution in [0.1, 0.15) is 16.7 Å². The van der Waals surface area contributed by atoms with E-state index in [1.807, 2.05) is 32.0 Å². The Labute approximate surface area is 139 Å². The molecule has 1 amide bonds. The van der Waals surface area contributed by atoms with E-state index in [0.717, 1.165) is 16.8 Å². The number of hydrogen-bond donors (Lipinski definition) is 2. The molecule has 24 heavy (non-hydrogen) atoms. The summed E-state index contributed by atoms with van der Waals surface area (Å²) in [6, 6.07) is 11.8. The largest absolute Gasteiger partial charge is 0.476 e. The Morgan fingerprint density at radius 3 is 2.25 bits per heavy atom. The fourth-order valence-electron chi connectivity index (χ4n) is 2.29. The number of alkyl halides is 1. The molecule has 0 aliphatic heterocycles. The fourth-order valence-corrected chi connectivity index (χ4v) is 2.29. The minimum absolute atomic E-state index is 0.0865. The predicted molar refractivity (Wildman–Crippen MR) is 87.9 cm³/mol. The van der Waals surface area contributed by atoms with Gasteiger partial charge in [-0.1, -0.05) is 18.2 Å². The first-order valence-electron chi connectivity index (χ1n) is 7.34. The van der Waals surface area contributed by atoms with Crippen LogP contribution in [-0.4, -0.2) is 23.3 Å². The summed E-state index contributed by atoms with van der Waals surface area (Å²) in [4.78, 5) is 22.5. The van der Waals surface area contributed by atoms with E-state index < -0.39 is 12.3 Å². The Morgan fingerprint density at radius 1 is 1.12 bits per heavy atom. The van der Waals surface area contributed by atoms with Crippen LogP contribution in [-0.2, 0) is 16.0 Å². The summed E-state index contributed by atoms with van der Waals surface area (Å²) in [5, 5.41) is 11.3. The molecule has 2 aromatic rings. The topological polar surface area (TPSA) is 75.6 Å². The van der Waals surface area contributed by atoms with E-state index in [4.69, 9.17) is 5.11 Å². The third-order valence-electron chi connectivity index (χ3n) is 3.23. The SMILES string of the molecule is Cc1cc(C)cc(NC(=O)Cc2ccc(OC(F)C(=O)O)cc2)c1. The van der Waals surface area contributed by atoms with E-state index in [1.165, 1.54) is 12.1 Å². The molecule has 0 spiro atoms. The highest BCUT2D eigenvalue weighted by atomic mass is 19.1. The highest BCUT2D eigenvalue weighted by molar-refractivity contribution is 5.92. The van der Waals surface area contributed by atoms with E-state index in [1.54, 1.807) is 12.1 Å². The lowest BCUT2D eigenvalue weighted by atomic mass is 10.1. The molecular formula is C18H18FNO4. The molecule has 0 heterocycles. The molecule has 0 fully saturated rings. The maximum absolute atomic E-state index is 12.9. The zero-order valence-corrected chi connectivity index (χ0v) is 13.4. The summed E-state index contributed by atoms with van der Waals surface area (Å²) in [5.74, 6) is -1.78. The highest BCUT2D eigenvalue weighted by Crippen LogP contribution is 2.17. The lowest BCUT2D eigenvalue weighted by Gasteiger charge is -2.09. The fraction of sp³-hybridized carbons (Fsp3) is 0.222. The van der Waals surface area contributed by atoms with Crippen molar-refractivity contribution in [1.82, 2.24) is 0 Å². The monoisotopic (exact) mass is 331 g/mol. The Bertz CT molecular complexity index is 723. The van der Waals surface area contributed by atoms with Gasteiger partial charge in [0.15, 0.2) is 0 Å². The number of carboxylic acids is 1. The Balaban J connectivity index is 1.95. The van der Waals surface area contributed by atoms with E-state index in [-0.39, 0.29) is 18.1 Å². The van der Waals surface area contributed by atoms with Gasteiger partial charge in [-0.15, -0.1) is 0 Å². The molecule has 0 aliphatic carbocycles. The van der Waals surface area contributed by atoms with E-state index in [9.17, 15) is 14.0 Å². The molecule has 126 valence electrons. The van der Waals surface area contributed by atoms with Crippen LogP contribution in [0.15, 0.2) is 42.5 Å². The standard InChI is InChI=1S/C18H18FNO4/c1-11-7-12(2)9-14(8-11)20-16(21)10-13-3-5-15(6-4-13)24-17(19)18(22)23/h3-9,17H,10H2,1-2H3,(H,20,21)(H,22,23). The molecule has 0 radical (unpaired) electrons. The number of anilines is 1. The highest BCUT2D eigenvalue weighted by Gasteiger charge is 2.17. The van der Waals surface area contributed by atoms with Crippen molar-refractivity contribution in [2.24, 2.45) is 0 Å². The first-order chi connectivity index (χ1) is 11.3. The second-order valence-electron chi connectivity index (χ2n) is 5.52. The molecule has 0 aromatic heterocycles. The minimum Gasteiger partial charge on any atom is -0.476 e. The molecule has 2 rings (SSSR count). The molecule has 2 N–H and O–H groups in total. The number of carbonyl (C=O) groups is 2. The number of carbonyl (C=O) groups excluding carboxylic acids is 1. The Hall–Kier alpha value is -2.89. The second-order valence-corrected chi connectivity index (χ2v) is 5.52. The van der Waals surface area contributed by atoms with Gasteiger partial charge in [0, 0.05) is 5.69 Å². The number of halogens is 1. The van der Waals surface area contributed by atoms with Gasteiger partial charge in [-0.25, -0.2) is 4.79 Å². The summed E-state index contributed by atoms with van der Waals surface area (Å²) in [6.45, 7) is 3.91. The summed E-state index contributed by atoms with van der Waals surface area (Å²) in [6.07, 6.45) is -2.27. The molecule has 0 saturated carbocycles. The zero-order valence-electron chi connectivity index (χ0n) is 13.4. The van der Waals surface area contributed by atoms with Gasteiger partial charge in [-0.05, 0) is 54.8 Å². The first kappa shape index (κ1) is 17.5. The van der Waals surface area contributed by atoms with Crippen LogP contribution in [0.2, 0.25) is 0 Å². The van der Waals surface area contributed by atoms with E-state index >= 15 is 0 Å². The average Bonchev–Trinajstić information content (AvgIpc) is 2.47. The molecule has 1 atom stereocenters. The lowest BCUT2D eigenvalue weighted by molar-refractivity contribution is -0.153. The van der Waals surface area contributed by atoms with Gasteiger partial charge in [0.2, 0.25) is 5.91 Å². The maximum Gasteiger partial charge on any atom is 0.378 e. The number of benzene rings is 2. The van der Waals surface area contributed by atoms with Crippen LogP contribution >= 0.6 is 0 Å². The average molecular weight is 331 g/mol. The van der Waals surface area contributed by atoms with Gasteiger partial charge in [0.25, 0.3) is 0 Å². The van der Waals surface area contributed by atoms with Crippen molar-refractivity contribution in [2.45, 2.75) is 26.6 Å². The van der Waals surface area contributed by atoms with Crippen molar-refractivity contribution in [3.05, 3.63) is 59.2 Å². The number of ether oxygens (including phenoxy) is 1. The van der Waals surface area contributed by atoms with Crippen molar-refractivity contribution in [3.8, 4) is 5.75 Å². The number of amides is 1. The number of hydrogen-bond acceptors (Lipinski definition) is 3. The molecular weight excluding hydrogens is 313 g/mol. The van der Waals surface area contributed by atoms with Crippen molar-refractivity contribution in [2.75, 3.05) is 5.32 Å². The molecule has 2 aromatic carbocycles. The second kappa shape index (κ2) is 7.59. The number of aryl methyl sites for hydroxylation is 2. The number of rotatable bonds is 6. The van der Waals surface area contributed by atoms with Gasteiger partial charge in [0.05, 0.1) is 6.42 Å². The van der Waals surface area contributed by atoms with Crippen molar-refractivity contribution >= 4 is 17.6 Å². The van der Waals surface area contributed by atoms with Gasteiger partial charge >= 0.3 is 12.3 Å². The van der Waals surface area contributed by atoms with E-state index in [2.05, 4.69) is 10.1 Å². The molecule has 0 bridgehead atoms. The smallest absolute Gasteiger partial charge is 0.378 e. The molecule has 5 nitrogen and oxygen atoms in total. The van der Waals surface area contributed by atoms with Crippen LogP contribution in [0.3, 0.4) is 0 Å². The molecule has 1 unspecified atom stereocenters. The zero-order chi connectivity index (χ0) is 17.7. The number of carboxylic acid groups (broad SMARTS) is 1. The minimum atomic E-state index is -2.41. The molecule has 0 aliphatic rings. The summed E-state index contributed by atoms with van der Waals surface area (Å²) < 4.78 is 17.5. The van der Waals surface area contributed by atoms with Crippen LogP contribution in [0, 0.1) is 13.8 Å². The quantitative estimate of drug-likeness (QED) is 0.852. The molecule has 6 heteroatoms. The third-order valence-corrected chi connectivity index (χ3v) is 3.23. The van der Waals surface area contributed by atoms with Crippen LogP contribution in [0.5, 0.6) is 5.75 Å². The lowest BCUT2D eigenvalue weighted by Crippen LogP contribution is -2.21. The first-order valence-corrected chi connectivity index (χ1v) is 7.34. The van der Waals surface area contributed by atoms with Gasteiger partial charge in [0.1, 0.15) is 5.75 Å². The summed E-state index contributed by atoms with van der Waals surface area (Å²) in [5.41, 5.74) is 3.56. The van der Waals surface area contributed by atoms with Gasteiger partial charge in [-0.2, -0.15) is 4.39 Å². The van der Waals surface area contributed by atoms with Crippen molar-refractivity contribution in [3.63, 3.8) is 0 Å². The summed E-state index contributed by atoms with van der Waals surface area (Å²) in [7, 11) is 0. The van der Waals surface area contributed by atoms with Crippen LogP contribution in [0.4, 0.5) is 10.1 Å². The van der Waals surface area contributed by atoms with Crippen LogP contribution < -0.4 is 10.1 Å². The predicted octanol–water partition coefficient (Wildman–Crippen LogP) is 3.24. The normalized spacial score (nSPS) is 11.6. The Kier molecular flexibility index (Phi) is 5.52. The van der Waals surface area contributed by atoms with Gasteiger partial charge < -0.3 is 15.2 Å². The van der Waals surface area contributed by atoms with Crippen molar-refractivity contribution in [1.29, 1.82) is 0 Å². The van der Waals surface area contributed by atoms with Crippen LogP contribution in [0.25, 0.3) is 0 Å². The number of aliphatic carboxylic acids is 1.